The maximum atomic E-state index is 11.7. The van der Waals surface area contributed by atoms with Crippen molar-refractivity contribution in [1.29, 1.82) is 0 Å². The van der Waals surface area contributed by atoms with E-state index in [1.165, 1.54) is 18.9 Å². The van der Waals surface area contributed by atoms with Crippen LogP contribution in [0.25, 0.3) is 0 Å². The zero-order chi connectivity index (χ0) is 16.4. The molecule has 2 aliphatic rings. The summed E-state index contributed by atoms with van der Waals surface area (Å²) >= 11 is 0. The monoisotopic (exact) mass is 314 g/mol. The smallest absolute Gasteiger partial charge is 0.245 e. The first kappa shape index (κ1) is 16.0. The number of rotatable bonds is 2. The topological polar surface area (TPSA) is 49.3 Å². The van der Waals surface area contributed by atoms with Crippen molar-refractivity contribution in [3.05, 3.63) is 30.1 Å². The maximum absolute atomic E-state index is 11.7. The highest BCUT2D eigenvalue weighted by Crippen LogP contribution is 2.41. The van der Waals surface area contributed by atoms with Crippen LogP contribution in [0, 0.1) is 19.3 Å². The highest BCUT2D eigenvalue weighted by Gasteiger charge is 2.38. The van der Waals surface area contributed by atoms with E-state index in [1.54, 1.807) is 0 Å². The van der Waals surface area contributed by atoms with E-state index in [0.29, 0.717) is 5.41 Å². The predicted molar refractivity (Wildman–Crippen MR) is 91.4 cm³/mol. The van der Waals surface area contributed by atoms with Crippen LogP contribution < -0.4 is 4.90 Å². The molecule has 0 N–H and O–H groups in total. The highest BCUT2D eigenvalue weighted by atomic mass is 16.2. The standard InChI is InChI=1S/C18H26N4O/c1-4-16(23)21-9-5-18(6-10-21)7-11-22(12-8-18)17-19-14(2)13-15(3)20-17/h4,13H,1,5-12H2,2-3H3. The Hall–Kier alpha value is -1.91. The second kappa shape index (κ2) is 6.30. The number of carbonyl (C=O) groups excluding carboxylic acids is 1. The van der Waals surface area contributed by atoms with Crippen LogP contribution in [0.4, 0.5) is 5.95 Å². The molecule has 2 aliphatic heterocycles. The van der Waals surface area contributed by atoms with Gasteiger partial charge in [0, 0.05) is 37.6 Å². The zero-order valence-corrected chi connectivity index (χ0v) is 14.2. The summed E-state index contributed by atoms with van der Waals surface area (Å²) in [6.07, 6.45) is 5.97. The van der Waals surface area contributed by atoms with Crippen molar-refractivity contribution >= 4 is 11.9 Å². The number of hydrogen-bond acceptors (Lipinski definition) is 4. The Balaban J connectivity index is 1.60. The van der Waals surface area contributed by atoms with Crippen LogP contribution in [0.2, 0.25) is 0 Å². The lowest BCUT2D eigenvalue weighted by molar-refractivity contribution is -0.128. The van der Waals surface area contributed by atoms with Gasteiger partial charge in [-0.2, -0.15) is 0 Å². The molecule has 1 amide bonds. The Bertz CT molecular complexity index is 575. The Morgan fingerprint density at radius 1 is 1.09 bits per heavy atom. The number of hydrogen-bond donors (Lipinski definition) is 0. The minimum atomic E-state index is 0.0703. The van der Waals surface area contributed by atoms with Crippen LogP contribution in [-0.4, -0.2) is 47.0 Å². The lowest BCUT2D eigenvalue weighted by Gasteiger charge is -2.46. The summed E-state index contributed by atoms with van der Waals surface area (Å²) in [6.45, 7) is 11.4. The molecule has 1 aromatic heterocycles. The predicted octanol–water partition coefficient (Wildman–Crippen LogP) is 2.49. The van der Waals surface area contributed by atoms with Crippen LogP contribution in [0.1, 0.15) is 37.1 Å². The lowest BCUT2D eigenvalue weighted by Crippen LogP contribution is -2.48. The van der Waals surface area contributed by atoms with E-state index in [9.17, 15) is 4.79 Å². The van der Waals surface area contributed by atoms with Gasteiger partial charge in [-0.1, -0.05) is 6.58 Å². The third kappa shape index (κ3) is 3.38. The average molecular weight is 314 g/mol. The fraction of sp³-hybridized carbons (Fsp3) is 0.611. The number of aromatic nitrogens is 2. The number of piperidine rings is 2. The summed E-state index contributed by atoms with van der Waals surface area (Å²) in [5, 5.41) is 0. The molecule has 3 rings (SSSR count). The number of aryl methyl sites for hydroxylation is 2. The van der Waals surface area contributed by atoms with Gasteiger partial charge in [0.1, 0.15) is 0 Å². The van der Waals surface area contributed by atoms with E-state index < -0.39 is 0 Å². The lowest BCUT2D eigenvalue weighted by atomic mass is 9.71. The second-order valence-electron chi connectivity index (χ2n) is 6.97. The van der Waals surface area contributed by atoms with Gasteiger partial charge in [0.25, 0.3) is 0 Å². The first-order valence-corrected chi connectivity index (χ1v) is 8.50. The van der Waals surface area contributed by atoms with Crippen LogP contribution in [-0.2, 0) is 4.79 Å². The summed E-state index contributed by atoms with van der Waals surface area (Å²) in [5.41, 5.74) is 2.46. The Morgan fingerprint density at radius 3 is 2.13 bits per heavy atom. The van der Waals surface area contributed by atoms with Gasteiger partial charge in [0.15, 0.2) is 0 Å². The molecule has 0 bridgehead atoms. The average Bonchev–Trinajstić information content (AvgIpc) is 2.55. The molecule has 23 heavy (non-hydrogen) atoms. The van der Waals surface area contributed by atoms with E-state index >= 15 is 0 Å². The molecule has 0 radical (unpaired) electrons. The third-order valence-electron chi connectivity index (χ3n) is 5.39. The van der Waals surface area contributed by atoms with E-state index in [2.05, 4.69) is 21.4 Å². The van der Waals surface area contributed by atoms with Crippen molar-refractivity contribution < 1.29 is 4.79 Å². The van der Waals surface area contributed by atoms with Gasteiger partial charge in [-0.25, -0.2) is 9.97 Å². The molecule has 5 heteroatoms. The summed E-state index contributed by atoms with van der Waals surface area (Å²) in [6, 6.07) is 2.02. The normalized spacial score (nSPS) is 20.6. The van der Waals surface area contributed by atoms with Crippen molar-refractivity contribution in [3.8, 4) is 0 Å². The number of carbonyl (C=O) groups is 1. The molecule has 0 aliphatic carbocycles. The molecule has 0 saturated carbocycles. The Labute approximate surface area is 138 Å². The zero-order valence-electron chi connectivity index (χ0n) is 14.2. The SMILES string of the molecule is C=CC(=O)N1CCC2(CC1)CCN(c1nc(C)cc(C)n1)CC2. The van der Waals surface area contributed by atoms with Crippen LogP contribution in [0.3, 0.4) is 0 Å². The molecule has 2 fully saturated rings. The molecule has 5 nitrogen and oxygen atoms in total. The molecular weight excluding hydrogens is 288 g/mol. The first-order chi connectivity index (χ1) is 11.0. The summed E-state index contributed by atoms with van der Waals surface area (Å²) < 4.78 is 0. The molecule has 1 spiro atoms. The van der Waals surface area contributed by atoms with Crippen molar-refractivity contribution in [2.24, 2.45) is 5.41 Å². The van der Waals surface area contributed by atoms with Gasteiger partial charge >= 0.3 is 0 Å². The van der Waals surface area contributed by atoms with Crippen molar-refractivity contribution in [2.75, 3.05) is 31.1 Å². The van der Waals surface area contributed by atoms with Crippen molar-refractivity contribution in [3.63, 3.8) is 0 Å². The Morgan fingerprint density at radius 2 is 1.61 bits per heavy atom. The second-order valence-corrected chi connectivity index (χ2v) is 6.97. The van der Waals surface area contributed by atoms with Crippen molar-refractivity contribution in [1.82, 2.24) is 14.9 Å². The molecule has 1 aromatic rings. The fourth-order valence-corrected chi connectivity index (χ4v) is 3.86. The van der Waals surface area contributed by atoms with Gasteiger partial charge in [-0.3, -0.25) is 4.79 Å². The van der Waals surface area contributed by atoms with Crippen LogP contribution in [0.15, 0.2) is 18.7 Å². The third-order valence-corrected chi connectivity index (χ3v) is 5.39. The van der Waals surface area contributed by atoms with Gasteiger partial charge < -0.3 is 9.80 Å². The van der Waals surface area contributed by atoms with Gasteiger partial charge in [-0.05, 0) is 57.1 Å². The number of amides is 1. The minimum absolute atomic E-state index is 0.0703. The van der Waals surface area contributed by atoms with Crippen LogP contribution >= 0.6 is 0 Å². The molecular formula is C18H26N4O. The molecule has 2 saturated heterocycles. The number of likely N-dealkylation sites (tertiary alicyclic amines) is 1. The van der Waals surface area contributed by atoms with Crippen molar-refractivity contribution in [2.45, 2.75) is 39.5 Å². The van der Waals surface area contributed by atoms with Crippen LogP contribution in [0.5, 0.6) is 0 Å². The van der Waals surface area contributed by atoms with Gasteiger partial charge in [0.05, 0.1) is 0 Å². The quantitative estimate of drug-likeness (QED) is 0.787. The summed E-state index contributed by atoms with van der Waals surface area (Å²) in [5.74, 6) is 0.942. The largest absolute Gasteiger partial charge is 0.341 e. The molecule has 3 heterocycles. The number of anilines is 1. The van der Waals surface area contributed by atoms with Gasteiger partial charge in [-0.15, -0.1) is 0 Å². The minimum Gasteiger partial charge on any atom is -0.341 e. The van der Waals surface area contributed by atoms with Gasteiger partial charge in [0.2, 0.25) is 11.9 Å². The van der Waals surface area contributed by atoms with E-state index in [0.717, 1.165) is 56.4 Å². The van der Waals surface area contributed by atoms with E-state index in [-0.39, 0.29) is 5.91 Å². The van der Waals surface area contributed by atoms with E-state index in [1.807, 2.05) is 24.8 Å². The number of nitrogens with zero attached hydrogens (tertiary/aromatic N) is 4. The molecule has 0 unspecified atom stereocenters. The Kier molecular flexibility index (Phi) is 4.37. The van der Waals surface area contributed by atoms with E-state index in [4.69, 9.17) is 0 Å². The molecule has 124 valence electrons. The maximum Gasteiger partial charge on any atom is 0.245 e. The highest BCUT2D eigenvalue weighted by molar-refractivity contribution is 5.87. The fourth-order valence-electron chi connectivity index (χ4n) is 3.86. The summed E-state index contributed by atoms with van der Waals surface area (Å²) in [4.78, 5) is 25.1. The summed E-state index contributed by atoms with van der Waals surface area (Å²) in [7, 11) is 0. The molecule has 0 atom stereocenters. The first-order valence-electron chi connectivity index (χ1n) is 8.50. The molecule has 0 aromatic carbocycles.